The summed E-state index contributed by atoms with van der Waals surface area (Å²) in [5, 5.41) is 3.26. The number of hydrogen-bond donors (Lipinski definition) is 1. The topological polar surface area (TPSA) is 38.8 Å². The fraction of sp³-hybridized carbons (Fsp3) is 0.720. The van der Waals surface area contributed by atoms with Crippen molar-refractivity contribution in [1.82, 2.24) is 15.1 Å². The molecule has 3 rings (SSSR count). The van der Waals surface area contributed by atoms with Crippen LogP contribution in [0.25, 0.3) is 0 Å². The fourth-order valence-corrected chi connectivity index (χ4v) is 4.96. The average Bonchev–Trinajstić information content (AvgIpc) is 2.79. The molecule has 0 aromatic heterocycles. The van der Waals surface area contributed by atoms with E-state index >= 15 is 0 Å². The Labute approximate surface area is 188 Å². The quantitative estimate of drug-likeness (QED) is 0.611. The van der Waals surface area contributed by atoms with Crippen LogP contribution in [0.15, 0.2) is 24.3 Å². The highest BCUT2D eigenvalue weighted by Crippen LogP contribution is 2.27. The van der Waals surface area contributed by atoms with Gasteiger partial charge in [-0.2, -0.15) is 0 Å². The molecule has 0 unspecified atom stereocenters. The van der Waals surface area contributed by atoms with Crippen molar-refractivity contribution in [1.29, 1.82) is 0 Å². The van der Waals surface area contributed by atoms with E-state index in [1.807, 2.05) is 6.07 Å². The maximum Gasteiger partial charge on any atom is 0.221 e. The lowest BCUT2D eigenvalue weighted by Crippen LogP contribution is -2.47. The van der Waals surface area contributed by atoms with Gasteiger partial charge in [0.15, 0.2) is 0 Å². The van der Waals surface area contributed by atoms with Gasteiger partial charge in [0.2, 0.25) is 5.91 Å². The molecule has 1 saturated carbocycles. The van der Waals surface area contributed by atoms with E-state index < -0.39 is 0 Å². The van der Waals surface area contributed by atoms with E-state index in [2.05, 4.69) is 33.9 Å². The fourth-order valence-electron chi connectivity index (χ4n) is 4.96. The Morgan fingerprint density at radius 2 is 1.81 bits per heavy atom. The smallest absolute Gasteiger partial charge is 0.221 e. The lowest BCUT2D eigenvalue weighted by atomic mass is 9.84. The number of hydrogen-bond acceptors (Lipinski definition) is 4. The lowest BCUT2D eigenvalue weighted by Gasteiger charge is -2.37. The zero-order valence-corrected chi connectivity index (χ0v) is 19.5. The van der Waals surface area contributed by atoms with Crippen molar-refractivity contribution in [3.8, 4) is 0 Å². The van der Waals surface area contributed by atoms with E-state index in [4.69, 9.17) is 0 Å². The maximum atomic E-state index is 13.5. The molecule has 1 heterocycles. The van der Waals surface area contributed by atoms with E-state index in [-0.39, 0.29) is 11.7 Å². The van der Waals surface area contributed by atoms with Crippen molar-refractivity contribution in [2.24, 2.45) is 5.92 Å². The van der Waals surface area contributed by atoms with Crippen LogP contribution in [-0.2, 0) is 4.79 Å². The molecule has 1 aromatic rings. The van der Waals surface area contributed by atoms with Crippen molar-refractivity contribution in [2.75, 3.05) is 57.3 Å². The Kier molecular flexibility index (Phi) is 9.59. The number of rotatable bonds is 10. The number of piperazine rings is 1. The predicted molar refractivity (Wildman–Crippen MR) is 126 cm³/mol. The molecule has 174 valence electrons. The van der Waals surface area contributed by atoms with Crippen LogP contribution >= 0.6 is 0 Å². The summed E-state index contributed by atoms with van der Waals surface area (Å²) in [6, 6.07) is 7.30. The van der Waals surface area contributed by atoms with Crippen LogP contribution in [0, 0.1) is 11.7 Å². The van der Waals surface area contributed by atoms with Crippen LogP contribution in [-0.4, -0.2) is 74.1 Å². The van der Waals surface area contributed by atoms with E-state index in [1.165, 1.54) is 25.3 Å². The summed E-state index contributed by atoms with van der Waals surface area (Å²) in [7, 11) is 0. The van der Waals surface area contributed by atoms with Crippen LogP contribution in [0.2, 0.25) is 0 Å². The molecule has 6 heteroatoms. The number of benzene rings is 1. The first kappa shape index (κ1) is 24.0. The summed E-state index contributed by atoms with van der Waals surface area (Å²) in [4.78, 5) is 19.4. The molecular weight excluding hydrogens is 391 g/mol. The molecule has 1 N–H and O–H groups in total. The van der Waals surface area contributed by atoms with Crippen LogP contribution in [0.5, 0.6) is 0 Å². The number of carbonyl (C=O) groups is 1. The van der Waals surface area contributed by atoms with Gasteiger partial charge in [0, 0.05) is 50.9 Å². The van der Waals surface area contributed by atoms with Crippen LogP contribution in [0.1, 0.15) is 52.4 Å². The first-order chi connectivity index (χ1) is 15.1. The monoisotopic (exact) mass is 432 g/mol. The van der Waals surface area contributed by atoms with Crippen molar-refractivity contribution < 1.29 is 9.18 Å². The third kappa shape index (κ3) is 7.76. The first-order valence-electron chi connectivity index (χ1n) is 12.3. The molecular formula is C25H41FN4O. The normalized spacial score (nSPS) is 22.6. The second-order valence-electron chi connectivity index (χ2n) is 9.16. The van der Waals surface area contributed by atoms with Crippen molar-refractivity contribution in [3.05, 3.63) is 30.1 Å². The largest absolute Gasteiger partial charge is 0.369 e. The van der Waals surface area contributed by atoms with Gasteiger partial charge in [-0.1, -0.05) is 19.9 Å². The van der Waals surface area contributed by atoms with Crippen LogP contribution < -0.4 is 10.2 Å². The molecule has 0 spiro atoms. The Morgan fingerprint density at radius 1 is 1.10 bits per heavy atom. The van der Waals surface area contributed by atoms with Gasteiger partial charge in [-0.15, -0.1) is 0 Å². The molecule has 0 bridgehead atoms. The summed E-state index contributed by atoms with van der Waals surface area (Å²) >= 11 is 0. The second-order valence-corrected chi connectivity index (χ2v) is 9.16. The molecule has 0 radical (unpaired) electrons. The molecule has 1 aliphatic carbocycles. The highest BCUT2D eigenvalue weighted by Gasteiger charge is 2.24. The lowest BCUT2D eigenvalue weighted by molar-refractivity contribution is -0.122. The number of anilines is 1. The molecule has 2 aliphatic rings. The minimum atomic E-state index is -0.157. The Morgan fingerprint density at radius 3 is 2.45 bits per heavy atom. The third-order valence-corrected chi connectivity index (χ3v) is 7.16. The molecule has 31 heavy (non-hydrogen) atoms. The SMILES string of the molecule is CCN(CC)CCC(=O)N[C@H]1CC[C@H](CCN2CCN(c3cccc(F)c3)CC2)CC1. The molecule has 0 atom stereocenters. The van der Waals surface area contributed by atoms with Gasteiger partial charge < -0.3 is 15.1 Å². The van der Waals surface area contributed by atoms with Crippen molar-refractivity contribution in [2.45, 2.75) is 58.4 Å². The minimum absolute atomic E-state index is 0.157. The molecule has 1 amide bonds. The predicted octanol–water partition coefficient (Wildman–Crippen LogP) is 3.74. The highest BCUT2D eigenvalue weighted by atomic mass is 19.1. The molecule has 1 aromatic carbocycles. The van der Waals surface area contributed by atoms with Gasteiger partial charge >= 0.3 is 0 Å². The average molecular weight is 433 g/mol. The minimum Gasteiger partial charge on any atom is -0.369 e. The standard InChI is InChI=1S/C25H41FN4O/c1-3-28(4-2)15-13-25(31)27-23-10-8-21(9-11-23)12-14-29-16-18-30(19-17-29)24-7-5-6-22(26)20-24/h5-7,20-21,23H,3-4,8-19H2,1-2H3,(H,27,31)/t21-,23-. The van der Waals surface area contributed by atoms with E-state index in [1.54, 1.807) is 12.1 Å². The van der Waals surface area contributed by atoms with E-state index in [0.29, 0.717) is 12.5 Å². The van der Waals surface area contributed by atoms with Gasteiger partial charge in [0.05, 0.1) is 0 Å². The second kappa shape index (κ2) is 12.4. The van der Waals surface area contributed by atoms with Gasteiger partial charge in [0.25, 0.3) is 0 Å². The summed E-state index contributed by atoms with van der Waals surface area (Å²) in [6.45, 7) is 12.4. The highest BCUT2D eigenvalue weighted by molar-refractivity contribution is 5.76. The molecule has 5 nitrogen and oxygen atoms in total. The Balaban J connectivity index is 1.28. The number of halogens is 1. The molecule has 2 fully saturated rings. The van der Waals surface area contributed by atoms with Gasteiger partial charge in [-0.25, -0.2) is 4.39 Å². The van der Waals surface area contributed by atoms with Crippen LogP contribution in [0.3, 0.4) is 0 Å². The number of nitrogens with zero attached hydrogens (tertiary/aromatic N) is 3. The zero-order valence-electron chi connectivity index (χ0n) is 19.5. The Bertz CT molecular complexity index is 665. The first-order valence-corrected chi connectivity index (χ1v) is 12.3. The molecule has 1 saturated heterocycles. The van der Waals surface area contributed by atoms with Crippen molar-refractivity contribution >= 4 is 11.6 Å². The Hall–Kier alpha value is -1.66. The summed E-state index contributed by atoms with van der Waals surface area (Å²) in [5.74, 6) is 0.840. The van der Waals surface area contributed by atoms with Gasteiger partial charge in [-0.3, -0.25) is 9.69 Å². The van der Waals surface area contributed by atoms with E-state index in [9.17, 15) is 9.18 Å². The van der Waals surface area contributed by atoms with Crippen molar-refractivity contribution in [3.63, 3.8) is 0 Å². The van der Waals surface area contributed by atoms with Gasteiger partial charge in [-0.05, 0) is 75.9 Å². The zero-order chi connectivity index (χ0) is 22.1. The summed E-state index contributed by atoms with van der Waals surface area (Å²) < 4.78 is 13.5. The van der Waals surface area contributed by atoms with Crippen LogP contribution in [0.4, 0.5) is 10.1 Å². The summed E-state index contributed by atoms with van der Waals surface area (Å²) in [5.41, 5.74) is 0.997. The number of amides is 1. The van der Waals surface area contributed by atoms with E-state index in [0.717, 1.165) is 76.8 Å². The number of carbonyl (C=O) groups excluding carboxylic acids is 1. The third-order valence-electron chi connectivity index (χ3n) is 7.16. The molecule has 1 aliphatic heterocycles. The summed E-state index contributed by atoms with van der Waals surface area (Å²) in [6.07, 6.45) is 6.56. The van der Waals surface area contributed by atoms with Gasteiger partial charge in [0.1, 0.15) is 5.82 Å². The number of nitrogens with one attached hydrogen (secondary N) is 1. The maximum absolute atomic E-state index is 13.5.